The zero-order valence-electron chi connectivity index (χ0n) is 13.4. The van der Waals surface area contributed by atoms with E-state index in [1.165, 1.54) is 4.31 Å². The third kappa shape index (κ3) is 4.93. The number of amides is 1. The largest absolute Gasteiger partial charge is 0.340 e. The zero-order valence-corrected chi connectivity index (χ0v) is 14.9. The van der Waals surface area contributed by atoms with Gasteiger partial charge in [0.05, 0.1) is 5.75 Å². The van der Waals surface area contributed by atoms with Crippen LogP contribution in [0.4, 0.5) is 0 Å². The van der Waals surface area contributed by atoms with Crippen LogP contribution >= 0.6 is 11.6 Å². The molecule has 2 rings (SSSR count). The Morgan fingerprint density at radius 3 is 2.43 bits per heavy atom. The van der Waals surface area contributed by atoms with Crippen molar-refractivity contribution < 1.29 is 13.2 Å². The van der Waals surface area contributed by atoms with Gasteiger partial charge in [0, 0.05) is 37.6 Å². The van der Waals surface area contributed by atoms with Gasteiger partial charge in [-0.05, 0) is 18.1 Å². The summed E-state index contributed by atoms with van der Waals surface area (Å²) in [5, 5.41) is 0.462. The number of carbonyl (C=O) groups excluding carboxylic acids is 1. The molecule has 1 fully saturated rings. The van der Waals surface area contributed by atoms with Gasteiger partial charge in [0.1, 0.15) is 0 Å². The van der Waals surface area contributed by atoms with Crippen molar-refractivity contribution in [2.75, 3.05) is 26.2 Å². The topological polar surface area (TPSA) is 57.7 Å². The van der Waals surface area contributed by atoms with Crippen molar-refractivity contribution in [1.82, 2.24) is 9.21 Å². The van der Waals surface area contributed by atoms with Crippen molar-refractivity contribution in [2.45, 2.75) is 31.9 Å². The van der Waals surface area contributed by atoms with E-state index < -0.39 is 10.0 Å². The minimum Gasteiger partial charge on any atom is -0.340 e. The molecule has 1 aliphatic heterocycles. The number of halogens is 1. The molecule has 0 aromatic heterocycles. The summed E-state index contributed by atoms with van der Waals surface area (Å²) in [7, 11) is -3.41. The fourth-order valence-corrected chi connectivity index (χ4v) is 4.43. The van der Waals surface area contributed by atoms with Gasteiger partial charge in [0.15, 0.2) is 0 Å². The first-order valence-electron chi connectivity index (χ1n) is 7.93. The summed E-state index contributed by atoms with van der Waals surface area (Å²) in [6.45, 7) is 3.68. The highest BCUT2D eigenvalue weighted by Gasteiger charge is 2.29. The molecule has 0 unspecified atom stereocenters. The van der Waals surface area contributed by atoms with E-state index in [4.69, 9.17) is 11.6 Å². The number of rotatable bonds is 6. The molecule has 0 spiro atoms. The number of carbonyl (C=O) groups is 1. The van der Waals surface area contributed by atoms with E-state index in [0.717, 1.165) is 12.8 Å². The van der Waals surface area contributed by atoms with Gasteiger partial charge < -0.3 is 4.90 Å². The third-order valence-corrected chi connectivity index (χ3v) is 6.22. The molecule has 5 nitrogen and oxygen atoms in total. The van der Waals surface area contributed by atoms with Crippen LogP contribution in [0, 0.1) is 0 Å². The molecule has 0 bridgehead atoms. The number of nitrogens with zero attached hydrogens (tertiary/aromatic N) is 2. The minimum atomic E-state index is -3.41. The molecule has 1 aromatic rings. The van der Waals surface area contributed by atoms with E-state index in [2.05, 4.69) is 0 Å². The number of hydrogen-bond acceptors (Lipinski definition) is 3. The normalized spacial score (nSPS) is 16.5. The van der Waals surface area contributed by atoms with Crippen LogP contribution in [0.25, 0.3) is 0 Å². The van der Waals surface area contributed by atoms with Crippen LogP contribution in [0.5, 0.6) is 0 Å². The Bertz CT molecular complexity index is 640. The van der Waals surface area contributed by atoms with Crippen LogP contribution in [-0.2, 0) is 20.6 Å². The molecule has 1 aliphatic rings. The van der Waals surface area contributed by atoms with Crippen LogP contribution in [0.2, 0.25) is 5.02 Å². The summed E-state index contributed by atoms with van der Waals surface area (Å²) in [5.41, 5.74) is 0.607. The Morgan fingerprint density at radius 1 is 1.17 bits per heavy atom. The smallest absolute Gasteiger partial charge is 0.222 e. The maximum absolute atomic E-state index is 12.5. The summed E-state index contributed by atoms with van der Waals surface area (Å²) in [6.07, 6.45) is 2.41. The predicted octanol–water partition coefficient (Wildman–Crippen LogP) is 2.50. The Balaban J connectivity index is 1.93. The average Bonchev–Trinajstić information content (AvgIpc) is 2.55. The second kappa shape index (κ2) is 8.13. The van der Waals surface area contributed by atoms with Gasteiger partial charge in [-0.2, -0.15) is 4.31 Å². The third-order valence-electron chi connectivity index (χ3n) is 4.02. The quantitative estimate of drug-likeness (QED) is 0.785. The maximum Gasteiger partial charge on any atom is 0.222 e. The highest BCUT2D eigenvalue weighted by atomic mass is 35.5. The lowest BCUT2D eigenvalue weighted by atomic mass is 10.2. The molecular weight excluding hydrogens is 336 g/mol. The van der Waals surface area contributed by atoms with Crippen LogP contribution in [0.15, 0.2) is 24.3 Å². The van der Waals surface area contributed by atoms with Crippen molar-refractivity contribution >= 4 is 27.5 Å². The fourth-order valence-electron chi connectivity index (χ4n) is 2.61. The predicted molar refractivity (Wildman–Crippen MR) is 91.8 cm³/mol. The van der Waals surface area contributed by atoms with E-state index in [-0.39, 0.29) is 11.7 Å². The number of hydrogen-bond donors (Lipinski definition) is 0. The lowest BCUT2D eigenvalue weighted by molar-refractivity contribution is -0.132. The molecule has 0 saturated carbocycles. The van der Waals surface area contributed by atoms with Crippen molar-refractivity contribution in [3.63, 3.8) is 0 Å². The first-order chi connectivity index (χ1) is 10.9. The number of unbranched alkanes of at least 4 members (excludes halogenated alkanes) is 1. The fraction of sp³-hybridized carbons (Fsp3) is 0.562. The van der Waals surface area contributed by atoms with Crippen LogP contribution < -0.4 is 0 Å². The molecule has 0 atom stereocenters. The van der Waals surface area contributed by atoms with Gasteiger partial charge in [-0.25, -0.2) is 8.42 Å². The highest BCUT2D eigenvalue weighted by molar-refractivity contribution is 7.88. The molecule has 1 amide bonds. The Hall–Kier alpha value is -1.11. The summed E-state index contributed by atoms with van der Waals surface area (Å²) >= 11 is 6.05. The van der Waals surface area contributed by atoms with Gasteiger partial charge in [-0.1, -0.05) is 43.1 Å². The molecule has 1 aromatic carbocycles. The summed E-state index contributed by atoms with van der Waals surface area (Å²) in [4.78, 5) is 13.8. The first kappa shape index (κ1) is 18.2. The molecule has 23 heavy (non-hydrogen) atoms. The number of benzene rings is 1. The number of sulfonamides is 1. The van der Waals surface area contributed by atoms with Crippen LogP contribution in [0.1, 0.15) is 31.7 Å². The maximum atomic E-state index is 12.5. The monoisotopic (exact) mass is 358 g/mol. The van der Waals surface area contributed by atoms with Gasteiger partial charge >= 0.3 is 0 Å². The van der Waals surface area contributed by atoms with Crippen molar-refractivity contribution in [3.05, 3.63) is 34.9 Å². The summed E-state index contributed by atoms with van der Waals surface area (Å²) < 4.78 is 26.5. The Morgan fingerprint density at radius 2 is 1.83 bits per heavy atom. The lowest BCUT2D eigenvalue weighted by Gasteiger charge is -2.34. The average molecular weight is 359 g/mol. The lowest BCUT2D eigenvalue weighted by Crippen LogP contribution is -2.50. The Kier molecular flexibility index (Phi) is 6.44. The van der Waals surface area contributed by atoms with Crippen LogP contribution in [-0.4, -0.2) is 49.7 Å². The van der Waals surface area contributed by atoms with E-state index in [1.807, 2.05) is 6.92 Å². The Labute approximate surface area is 143 Å². The van der Waals surface area contributed by atoms with E-state index >= 15 is 0 Å². The van der Waals surface area contributed by atoms with E-state index in [0.29, 0.717) is 43.2 Å². The van der Waals surface area contributed by atoms with E-state index in [1.54, 1.807) is 29.2 Å². The molecule has 1 heterocycles. The van der Waals surface area contributed by atoms with Gasteiger partial charge in [-0.3, -0.25) is 4.79 Å². The minimum absolute atomic E-state index is 0.101. The second-order valence-electron chi connectivity index (χ2n) is 5.73. The summed E-state index contributed by atoms with van der Waals surface area (Å²) in [5.74, 6) is 0.0196. The SMILES string of the molecule is CCCCC(=O)N1CCN(S(=O)(=O)Cc2ccccc2Cl)CC1. The molecule has 0 radical (unpaired) electrons. The zero-order chi connectivity index (χ0) is 16.9. The van der Waals surface area contributed by atoms with Crippen molar-refractivity contribution in [1.29, 1.82) is 0 Å². The highest BCUT2D eigenvalue weighted by Crippen LogP contribution is 2.20. The molecule has 0 aliphatic carbocycles. The van der Waals surface area contributed by atoms with E-state index in [9.17, 15) is 13.2 Å². The van der Waals surface area contributed by atoms with Gasteiger partial charge in [0.2, 0.25) is 15.9 Å². The van der Waals surface area contributed by atoms with Crippen molar-refractivity contribution in [2.24, 2.45) is 0 Å². The molecular formula is C16H23ClN2O3S. The van der Waals surface area contributed by atoms with Crippen LogP contribution in [0.3, 0.4) is 0 Å². The summed E-state index contributed by atoms with van der Waals surface area (Å²) in [6, 6.07) is 6.97. The molecule has 1 saturated heterocycles. The molecule has 0 N–H and O–H groups in total. The number of piperazine rings is 1. The first-order valence-corrected chi connectivity index (χ1v) is 9.91. The van der Waals surface area contributed by atoms with Gasteiger partial charge in [0.25, 0.3) is 0 Å². The van der Waals surface area contributed by atoms with Gasteiger partial charge in [-0.15, -0.1) is 0 Å². The molecule has 128 valence electrons. The second-order valence-corrected chi connectivity index (χ2v) is 8.11. The molecule has 7 heteroatoms. The van der Waals surface area contributed by atoms with Crippen molar-refractivity contribution in [3.8, 4) is 0 Å². The standard InChI is InChI=1S/C16H23ClN2O3S/c1-2-3-8-16(20)18-9-11-19(12-10-18)23(21,22)13-14-6-4-5-7-15(14)17/h4-7H,2-3,8-13H2,1H3.